The van der Waals surface area contributed by atoms with Gasteiger partial charge >= 0.3 is 6.03 Å². The Morgan fingerprint density at radius 2 is 1.97 bits per heavy atom. The summed E-state index contributed by atoms with van der Waals surface area (Å²) >= 11 is 0. The molecule has 0 spiro atoms. The van der Waals surface area contributed by atoms with Crippen LogP contribution in [-0.2, 0) is 25.2 Å². The lowest BCUT2D eigenvalue weighted by molar-refractivity contribution is -0.135. The van der Waals surface area contributed by atoms with Crippen LogP contribution in [0, 0.1) is 5.82 Å². The molecular weight excluding hydrogens is 403 g/mol. The van der Waals surface area contributed by atoms with E-state index in [4.69, 9.17) is 0 Å². The Kier molecular flexibility index (Phi) is 5.63. The Bertz CT molecular complexity index is 936. The van der Waals surface area contributed by atoms with Crippen LogP contribution in [0.3, 0.4) is 0 Å². The van der Waals surface area contributed by atoms with E-state index in [0.29, 0.717) is 24.9 Å². The number of carbonyl (C=O) groups excluding carboxylic acids is 3. The maximum atomic E-state index is 13.2. The number of sulfonamides is 1. The zero-order valence-corrected chi connectivity index (χ0v) is 17.0. The zero-order valence-electron chi connectivity index (χ0n) is 16.1. The molecule has 2 atom stereocenters. The summed E-state index contributed by atoms with van der Waals surface area (Å²) in [7, 11) is -3.36. The number of hydrogen-bond acceptors (Lipinski definition) is 5. The van der Waals surface area contributed by atoms with E-state index in [1.54, 1.807) is 0 Å². The highest BCUT2D eigenvalue weighted by Gasteiger charge is 2.49. The van der Waals surface area contributed by atoms with Crippen LogP contribution in [-0.4, -0.2) is 67.4 Å². The molecule has 11 heteroatoms. The van der Waals surface area contributed by atoms with Crippen LogP contribution in [0.15, 0.2) is 24.3 Å². The van der Waals surface area contributed by atoms with Crippen molar-refractivity contribution < 1.29 is 27.2 Å². The molecule has 2 heterocycles. The van der Waals surface area contributed by atoms with Gasteiger partial charge in [0.15, 0.2) is 0 Å². The molecule has 0 aromatic heterocycles. The lowest BCUT2D eigenvalue weighted by Crippen LogP contribution is -2.51. The number of urea groups is 1. The average molecular weight is 426 g/mol. The first-order chi connectivity index (χ1) is 13.5. The predicted octanol–water partition coefficient (Wildman–Crippen LogP) is 0.133. The van der Waals surface area contributed by atoms with E-state index < -0.39 is 51.8 Å². The summed E-state index contributed by atoms with van der Waals surface area (Å²) in [5.41, 5.74) is -1.00. The van der Waals surface area contributed by atoms with Gasteiger partial charge in [0, 0.05) is 19.1 Å². The van der Waals surface area contributed by atoms with E-state index in [-0.39, 0.29) is 6.54 Å². The van der Waals surface area contributed by atoms with Crippen LogP contribution in [0.25, 0.3) is 0 Å². The van der Waals surface area contributed by atoms with Gasteiger partial charge in [0.25, 0.3) is 5.91 Å². The van der Waals surface area contributed by atoms with Gasteiger partial charge < -0.3 is 10.6 Å². The molecule has 2 aliphatic heterocycles. The van der Waals surface area contributed by atoms with Gasteiger partial charge in [-0.1, -0.05) is 12.1 Å². The number of hydrogen-bond donors (Lipinski definition) is 2. The van der Waals surface area contributed by atoms with Crippen LogP contribution < -0.4 is 10.6 Å². The third-order valence-electron chi connectivity index (χ3n) is 5.22. The molecule has 2 aliphatic rings. The molecule has 158 valence electrons. The van der Waals surface area contributed by atoms with Crippen LogP contribution in [0.1, 0.15) is 25.3 Å². The second-order valence-corrected chi connectivity index (χ2v) is 9.46. The first-order valence-corrected chi connectivity index (χ1v) is 11.0. The summed E-state index contributed by atoms with van der Waals surface area (Å²) in [4.78, 5) is 38.3. The molecule has 1 aromatic carbocycles. The summed E-state index contributed by atoms with van der Waals surface area (Å²) in [6.07, 6.45) is 2.32. The summed E-state index contributed by atoms with van der Waals surface area (Å²) in [5.74, 6) is -1.65. The number of carbonyl (C=O) groups is 3. The third-order valence-corrected chi connectivity index (χ3v) is 6.49. The van der Waals surface area contributed by atoms with Gasteiger partial charge in [-0.3, -0.25) is 14.5 Å². The second kappa shape index (κ2) is 7.71. The highest BCUT2D eigenvalue weighted by Crippen LogP contribution is 2.28. The minimum absolute atomic E-state index is 0.151. The molecule has 0 aliphatic carbocycles. The number of nitrogens with zero attached hydrogens (tertiary/aromatic N) is 2. The van der Waals surface area contributed by atoms with Gasteiger partial charge in [-0.05, 0) is 37.5 Å². The number of amides is 4. The van der Waals surface area contributed by atoms with Crippen molar-refractivity contribution in [2.75, 3.05) is 25.9 Å². The summed E-state index contributed by atoms with van der Waals surface area (Å²) < 4.78 is 37.8. The number of halogens is 1. The van der Waals surface area contributed by atoms with Gasteiger partial charge in [0.1, 0.15) is 17.9 Å². The average Bonchev–Trinajstić information content (AvgIpc) is 2.86. The predicted molar refractivity (Wildman–Crippen MR) is 102 cm³/mol. The maximum absolute atomic E-state index is 13.2. The molecule has 4 amide bonds. The molecule has 2 N–H and O–H groups in total. The number of benzene rings is 1. The van der Waals surface area contributed by atoms with E-state index in [0.717, 1.165) is 11.2 Å². The largest absolute Gasteiger partial charge is 0.350 e. The first kappa shape index (κ1) is 21.2. The van der Waals surface area contributed by atoms with E-state index in [1.807, 2.05) is 0 Å². The van der Waals surface area contributed by atoms with E-state index in [9.17, 15) is 27.2 Å². The van der Waals surface area contributed by atoms with Crippen molar-refractivity contribution in [2.24, 2.45) is 0 Å². The van der Waals surface area contributed by atoms with Crippen LogP contribution in [0.4, 0.5) is 9.18 Å². The summed E-state index contributed by atoms with van der Waals surface area (Å²) in [5, 5.41) is 5.24. The van der Waals surface area contributed by atoms with Gasteiger partial charge in [0.2, 0.25) is 15.9 Å². The topological polar surface area (TPSA) is 116 Å². The SMILES string of the molecule is CC1(c2ccc(F)cc2)NC(=O)N(CC(=O)NC2CCCN(S(C)(=O)=O)C2)C1=O. The molecule has 3 rings (SSSR count). The molecule has 0 radical (unpaired) electrons. The maximum Gasteiger partial charge on any atom is 0.325 e. The van der Waals surface area contributed by atoms with E-state index >= 15 is 0 Å². The standard InChI is InChI=1S/C18H23FN4O5S/c1-18(12-5-7-13(19)8-6-12)16(25)23(17(26)21-18)11-15(24)20-14-4-3-9-22(10-14)29(2,27)28/h5-8,14H,3-4,9-11H2,1-2H3,(H,20,24)(H,21,26). The van der Waals surface area contributed by atoms with Crippen molar-refractivity contribution >= 4 is 27.9 Å². The van der Waals surface area contributed by atoms with Crippen molar-refractivity contribution in [3.05, 3.63) is 35.6 Å². The quantitative estimate of drug-likeness (QED) is 0.650. The Balaban J connectivity index is 1.65. The zero-order chi connectivity index (χ0) is 21.4. The molecular formula is C18H23FN4O5S. The van der Waals surface area contributed by atoms with Crippen molar-refractivity contribution in [2.45, 2.75) is 31.3 Å². The Morgan fingerprint density at radius 3 is 2.59 bits per heavy atom. The Hall–Kier alpha value is -2.53. The van der Waals surface area contributed by atoms with Gasteiger partial charge in [-0.15, -0.1) is 0 Å². The van der Waals surface area contributed by atoms with Crippen molar-refractivity contribution in [1.82, 2.24) is 19.8 Å². The van der Waals surface area contributed by atoms with Crippen LogP contribution in [0.2, 0.25) is 0 Å². The van der Waals surface area contributed by atoms with Crippen LogP contribution >= 0.6 is 0 Å². The van der Waals surface area contributed by atoms with Gasteiger partial charge in [0.05, 0.1) is 6.26 Å². The van der Waals surface area contributed by atoms with Gasteiger partial charge in [-0.2, -0.15) is 0 Å². The van der Waals surface area contributed by atoms with Crippen LogP contribution in [0.5, 0.6) is 0 Å². The molecule has 0 saturated carbocycles. The number of imide groups is 1. The Labute approximate surface area is 168 Å². The van der Waals surface area contributed by atoms with E-state index in [1.165, 1.54) is 35.5 Å². The second-order valence-electron chi connectivity index (χ2n) is 7.48. The summed E-state index contributed by atoms with van der Waals surface area (Å²) in [6.45, 7) is 1.55. The van der Waals surface area contributed by atoms with E-state index in [2.05, 4.69) is 10.6 Å². The fourth-order valence-corrected chi connectivity index (χ4v) is 4.51. The monoisotopic (exact) mass is 426 g/mol. The number of piperidine rings is 1. The molecule has 2 saturated heterocycles. The third kappa shape index (κ3) is 4.40. The number of nitrogens with one attached hydrogen (secondary N) is 2. The first-order valence-electron chi connectivity index (χ1n) is 9.15. The highest BCUT2D eigenvalue weighted by atomic mass is 32.2. The van der Waals surface area contributed by atoms with Gasteiger partial charge in [-0.25, -0.2) is 21.9 Å². The van der Waals surface area contributed by atoms with Crippen molar-refractivity contribution in [3.8, 4) is 0 Å². The Morgan fingerprint density at radius 1 is 1.31 bits per heavy atom. The molecule has 1 aromatic rings. The highest BCUT2D eigenvalue weighted by molar-refractivity contribution is 7.88. The van der Waals surface area contributed by atoms with Crippen molar-refractivity contribution in [1.29, 1.82) is 0 Å². The molecule has 2 fully saturated rings. The molecule has 2 unspecified atom stereocenters. The number of rotatable bonds is 5. The smallest absolute Gasteiger partial charge is 0.325 e. The molecule has 29 heavy (non-hydrogen) atoms. The fourth-order valence-electron chi connectivity index (χ4n) is 3.60. The van der Waals surface area contributed by atoms with Crippen molar-refractivity contribution in [3.63, 3.8) is 0 Å². The normalized spacial score (nSPS) is 25.8. The lowest BCUT2D eigenvalue weighted by Gasteiger charge is -2.31. The fraction of sp³-hybridized carbons (Fsp3) is 0.500. The molecule has 0 bridgehead atoms. The minimum Gasteiger partial charge on any atom is -0.350 e. The lowest BCUT2D eigenvalue weighted by atomic mass is 9.92. The minimum atomic E-state index is -3.36. The summed E-state index contributed by atoms with van der Waals surface area (Å²) in [6, 6.07) is 4.06. The molecule has 9 nitrogen and oxygen atoms in total.